The smallest absolute Gasteiger partial charge is 0.410 e. The van der Waals surface area contributed by atoms with Crippen LogP contribution in [0.2, 0.25) is 0 Å². The van der Waals surface area contributed by atoms with Gasteiger partial charge in [0.2, 0.25) is 0 Å². The van der Waals surface area contributed by atoms with Gasteiger partial charge in [-0.1, -0.05) is 24.3 Å². The number of carbonyl (C=O) groups excluding carboxylic acids is 2. The van der Waals surface area contributed by atoms with Gasteiger partial charge >= 0.3 is 6.09 Å². The highest BCUT2D eigenvalue weighted by Crippen LogP contribution is 2.29. The Kier molecular flexibility index (Phi) is 4.84. The van der Waals surface area contributed by atoms with Crippen molar-refractivity contribution >= 4 is 17.7 Å². The molecule has 2 heterocycles. The number of amides is 2. The molecule has 0 fully saturated rings. The van der Waals surface area contributed by atoms with Gasteiger partial charge in [0.1, 0.15) is 5.60 Å². The normalized spacial score (nSPS) is 17.6. The molecule has 1 aromatic rings. The third-order valence-corrected chi connectivity index (χ3v) is 4.49. The molecule has 134 valence electrons. The van der Waals surface area contributed by atoms with Crippen LogP contribution in [0.4, 0.5) is 10.5 Å². The molecule has 0 saturated heterocycles. The molecule has 3 rings (SSSR count). The van der Waals surface area contributed by atoms with E-state index in [1.165, 1.54) is 5.56 Å². The number of anilines is 1. The third kappa shape index (κ3) is 4.03. The number of aryl methyl sites for hydroxylation is 1. The minimum Gasteiger partial charge on any atom is -0.444 e. The van der Waals surface area contributed by atoms with Crippen molar-refractivity contribution in [2.45, 2.75) is 45.6 Å². The predicted molar refractivity (Wildman–Crippen MR) is 97.6 cm³/mol. The maximum atomic E-state index is 12.9. The first-order valence-corrected chi connectivity index (χ1v) is 8.92. The zero-order valence-electron chi connectivity index (χ0n) is 15.2. The molecule has 0 N–H and O–H groups in total. The number of carbonyl (C=O) groups is 2. The standard InChI is InChI=1S/C20H26N2O3/c1-20(2,3)25-19(24)21-13-10-16(11-14-21)18(23)22-12-6-8-15-7-4-5-9-17(15)22/h4-5,7,9-10H,6,8,11-14H2,1-3H3. The van der Waals surface area contributed by atoms with Crippen molar-refractivity contribution in [1.29, 1.82) is 0 Å². The van der Waals surface area contributed by atoms with Gasteiger partial charge in [0.15, 0.2) is 0 Å². The minimum absolute atomic E-state index is 0.0657. The lowest BCUT2D eigenvalue weighted by atomic mass is 9.99. The van der Waals surface area contributed by atoms with E-state index >= 15 is 0 Å². The van der Waals surface area contributed by atoms with Crippen molar-refractivity contribution in [1.82, 2.24) is 4.90 Å². The van der Waals surface area contributed by atoms with Crippen LogP contribution in [-0.2, 0) is 16.0 Å². The second kappa shape index (κ2) is 6.90. The molecule has 2 aliphatic heterocycles. The Morgan fingerprint density at radius 1 is 1.08 bits per heavy atom. The fraction of sp³-hybridized carbons (Fsp3) is 0.500. The van der Waals surface area contributed by atoms with Crippen molar-refractivity contribution in [2.75, 3.05) is 24.5 Å². The lowest BCUT2D eigenvalue weighted by molar-refractivity contribution is -0.115. The lowest BCUT2D eigenvalue weighted by Crippen LogP contribution is -2.42. The molecular weight excluding hydrogens is 316 g/mol. The first kappa shape index (κ1) is 17.5. The topological polar surface area (TPSA) is 49.9 Å². The van der Waals surface area contributed by atoms with Crippen LogP contribution >= 0.6 is 0 Å². The van der Waals surface area contributed by atoms with Gasteiger partial charge in [-0.25, -0.2) is 4.79 Å². The molecule has 0 spiro atoms. The summed E-state index contributed by atoms with van der Waals surface area (Å²) in [4.78, 5) is 28.6. The highest BCUT2D eigenvalue weighted by molar-refractivity contribution is 6.06. The number of nitrogens with zero attached hydrogens (tertiary/aromatic N) is 2. The second-order valence-corrected chi connectivity index (χ2v) is 7.59. The summed E-state index contributed by atoms with van der Waals surface area (Å²) in [6, 6.07) is 8.10. The molecule has 5 heteroatoms. The largest absolute Gasteiger partial charge is 0.444 e. The first-order chi connectivity index (χ1) is 11.8. The molecule has 2 amide bonds. The summed E-state index contributed by atoms with van der Waals surface area (Å²) in [6.45, 7) is 7.25. The summed E-state index contributed by atoms with van der Waals surface area (Å²) in [7, 11) is 0. The van der Waals surface area contributed by atoms with E-state index in [-0.39, 0.29) is 12.0 Å². The Hall–Kier alpha value is -2.30. The number of hydrogen-bond acceptors (Lipinski definition) is 3. The van der Waals surface area contributed by atoms with Gasteiger partial charge < -0.3 is 14.5 Å². The molecule has 25 heavy (non-hydrogen) atoms. The number of hydrogen-bond donors (Lipinski definition) is 0. The van der Waals surface area contributed by atoms with Crippen LogP contribution in [0.1, 0.15) is 39.2 Å². The highest BCUT2D eigenvalue weighted by atomic mass is 16.6. The van der Waals surface area contributed by atoms with Crippen LogP contribution in [0.15, 0.2) is 35.9 Å². The van der Waals surface area contributed by atoms with E-state index in [9.17, 15) is 9.59 Å². The van der Waals surface area contributed by atoms with Gasteiger partial charge in [-0.05, 0) is 51.7 Å². The fourth-order valence-corrected chi connectivity index (χ4v) is 3.27. The van der Waals surface area contributed by atoms with Crippen LogP contribution in [0, 0.1) is 0 Å². The van der Waals surface area contributed by atoms with Crippen molar-refractivity contribution in [3.05, 3.63) is 41.5 Å². The van der Waals surface area contributed by atoms with Gasteiger partial charge in [-0.15, -0.1) is 0 Å². The van der Waals surface area contributed by atoms with Gasteiger partial charge in [-0.2, -0.15) is 0 Å². The Morgan fingerprint density at radius 2 is 1.84 bits per heavy atom. The van der Waals surface area contributed by atoms with Gasteiger partial charge in [-0.3, -0.25) is 4.79 Å². The Bertz CT molecular complexity index is 703. The average Bonchev–Trinajstić information content (AvgIpc) is 2.59. The molecule has 1 aromatic carbocycles. The van der Waals surface area contributed by atoms with E-state index in [0.29, 0.717) is 19.5 Å². The molecular formula is C20H26N2O3. The number of fused-ring (bicyclic) bond motifs is 1. The zero-order chi connectivity index (χ0) is 18.0. The molecule has 5 nitrogen and oxygen atoms in total. The van der Waals surface area contributed by atoms with E-state index in [4.69, 9.17) is 4.74 Å². The quantitative estimate of drug-likeness (QED) is 0.784. The van der Waals surface area contributed by atoms with E-state index in [2.05, 4.69) is 6.07 Å². The van der Waals surface area contributed by atoms with Gasteiger partial charge in [0, 0.05) is 30.9 Å². The number of benzene rings is 1. The number of ether oxygens (including phenoxy) is 1. The molecule has 0 radical (unpaired) electrons. The molecule has 0 saturated carbocycles. The van der Waals surface area contributed by atoms with E-state index in [1.807, 2.05) is 49.9 Å². The van der Waals surface area contributed by atoms with E-state index < -0.39 is 5.60 Å². The van der Waals surface area contributed by atoms with Crippen LogP contribution in [-0.4, -0.2) is 42.1 Å². The number of rotatable bonds is 1. The zero-order valence-corrected chi connectivity index (χ0v) is 15.2. The van der Waals surface area contributed by atoms with Crippen LogP contribution < -0.4 is 4.90 Å². The maximum absolute atomic E-state index is 12.9. The Morgan fingerprint density at radius 3 is 2.52 bits per heavy atom. The molecule has 0 aromatic heterocycles. The Balaban J connectivity index is 1.68. The van der Waals surface area contributed by atoms with E-state index in [1.54, 1.807) is 4.90 Å². The summed E-state index contributed by atoms with van der Waals surface area (Å²) in [5.74, 6) is 0.0657. The molecule has 0 unspecified atom stereocenters. The lowest BCUT2D eigenvalue weighted by Gasteiger charge is -2.33. The first-order valence-electron chi connectivity index (χ1n) is 8.92. The van der Waals surface area contributed by atoms with Crippen LogP contribution in [0.25, 0.3) is 0 Å². The van der Waals surface area contributed by atoms with E-state index in [0.717, 1.165) is 30.6 Å². The van der Waals surface area contributed by atoms with Gasteiger partial charge in [0.25, 0.3) is 5.91 Å². The monoisotopic (exact) mass is 342 g/mol. The summed E-state index contributed by atoms with van der Waals surface area (Å²) in [5, 5.41) is 0. The van der Waals surface area contributed by atoms with Crippen molar-refractivity contribution in [2.24, 2.45) is 0 Å². The highest BCUT2D eigenvalue weighted by Gasteiger charge is 2.29. The number of para-hydroxylation sites is 1. The van der Waals surface area contributed by atoms with Gasteiger partial charge in [0.05, 0.1) is 0 Å². The fourth-order valence-electron chi connectivity index (χ4n) is 3.27. The summed E-state index contributed by atoms with van der Waals surface area (Å²) in [6.07, 6.45) is 4.12. The Labute approximate surface area is 149 Å². The van der Waals surface area contributed by atoms with Crippen molar-refractivity contribution in [3.8, 4) is 0 Å². The summed E-state index contributed by atoms with van der Waals surface area (Å²) in [5.41, 5.74) is 2.54. The van der Waals surface area contributed by atoms with Crippen LogP contribution in [0.3, 0.4) is 0 Å². The summed E-state index contributed by atoms with van der Waals surface area (Å²) >= 11 is 0. The SMILES string of the molecule is CC(C)(C)OC(=O)N1CC=C(C(=O)N2CCCc3ccccc32)CC1. The average molecular weight is 342 g/mol. The maximum Gasteiger partial charge on any atom is 0.410 e. The van der Waals surface area contributed by atoms with Crippen molar-refractivity contribution < 1.29 is 14.3 Å². The molecule has 0 aliphatic carbocycles. The second-order valence-electron chi connectivity index (χ2n) is 7.59. The van der Waals surface area contributed by atoms with Crippen molar-refractivity contribution in [3.63, 3.8) is 0 Å². The summed E-state index contributed by atoms with van der Waals surface area (Å²) < 4.78 is 5.40. The predicted octanol–water partition coefficient (Wildman–Crippen LogP) is 3.53. The molecule has 0 atom stereocenters. The molecule has 2 aliphatic rings. The third-order valence-electron chi connectivity index (χ3n) is 4.49. The molecule has 0 bridgehead atoms. The van der Waals surface area contributed by atoms with Crippen LogP contribution in [0.5, 0.6) is 0 Å². The minimum atomic E-state index is -0.506.